The van der Waals surface area contributed by atoms with Crippen LogP contribution in [0, 0.1) is 5.92 Å². The minimum absolute atomic E-state index is 0.191. The van der Waals surface area contributed by atoms with Crippen molar-refractivity contribution in [2.75, 3.05) is 30.9 Å². The van der Waals surface area contributed by atoms with E-state index in [2.05, 4.69) is 11.0 Å². The number of nitrogens with two attached hydrogens (primary N) is 1. The highest BCUT2D eigenvalue weighted by atomic mass is 16.5. The van der Waals surface area contributed by atoms with Gasteiger partial charge in [0.1, 0.15) is 5.75 Å². The Morgan fingerprint density at radius 2 is 2.00 bits per heavy atom. The van der Waals surface area contributed by atoms with Gasteiger partial charge < -0.3 is 20.5 Å². The standard InChI is InChI=1S/C17H20N2O2/c1-21-16-6-4-15(5-7-16)19-10-12(11-20)8-13-2-3-14(18)9-17(13)19/h2-7,9,12,20H,8,10-11,18H2,1H3. The molecule has 21 heavy (non-hydrogen) atoms. The predicted molar refractivity (Wildman–Crippen MR) is 85.1 cm³/mol. The van der Waals surface area contributed by atoms with Gasteiger partial charge in [0.2, 0.25) is 0 Å². The summed E-state index contributed by atoms with van der Waals surface area (Å²) in [5, 5.41) is 9.55. The number of nitrogen functional groups attached to an aromatic ring is 1. The first-order valence-corrected chi connectivity index (χ1v) is 7.12. The van der Waals surface area contributed by atoms with Crippen molar-refractivity contribution in [3.63, 3.8) is 0 Å². The quantitative estimate of drug-likeness (QED) is 0.851. The minimum Gasteiger partial charge on any atom is -0.497 e. The first-order chi connectivity index (χ1) is 10.2. The summed E-state index contributed by atoms with van der Waals surface area (Å²) in [7, 11) is 1.66. The summed E-state index contributed by atoms with van der Waals surface area (Å²) in [6.07, 6.45) is 0.888. The molecular weight excluding hydrogens is 264 g/mol. The summed E-state index contributed by atoms with van der Waals surface area (Å²) in [6, 6.07) is 14.0. The molecule has 2 aromatic rings. The number of fused-ring (bicyclic) bond motifs is 1. The van der Waals surface area contributed by atoms with Crippen molar-refractivity contribution >= 4 is 17.1 Å². The number of aliphatic hydroxyl groups is 1. The molecule has 0 radical (unpaired) electrons. The van der Waals surface area contributed by atoms with Gasteiger partial charge in [-0.25, -0.2) is 0 Å². The highest BCUT2D eigenvalue weighted by Gasteiger charge is 2.25. The van der Waals surface area contributed by atoms with Crippen LogP contribution in [0.25, 0.3) is 0 Å². The van der Waals surface area contributed by atoms with Crippen LogP contribution in [0.2, 0.25) is 0 Å². The summed E-state index contributed by atoms with van der Waals surface area (Å²) in [5.74, 6) is 1.07. The Bertz CT molecular complexity index is 625. The van der Waals surface area contributed by atoms with Crippen LogP contribution < -0.4 is 15.4 Å². The Morgan fingerprint density at radius 1 is 1.24 bits per heavy atom. The van der Waals surface area contributed by atoms with Gasteiger partial charge in [-0.2, -0.15) is 0 Å². The molecule has 3 N–H and O–H groups in total. The van der Waals surface area contributed by atoms with E-state index in [1.54, 1.807) is 7.11 Å². The SMILES string of the molecule is COc1ccc(N2CC(CO)Cc3ccc(N)cc32)cc1. The van der Waals surface area contributed by atoms with E-state index in [9.17, 15) is 5.11 Å². The van der Waals surface area contributed by atoms with E-state index in [1.807, 2.05) is 36.4 Å². The lowest BCUT2D eigenvalue weighted by Gasteiger charge is -2.35. The second kappa shape index (κ2) is 5.66. The molecular formula is C17H20N2O2. The first kappa shape index (κ1) is 13.8. The third-order valence-corrected chi connectivity index (χ3v) is 3.99. The van der Waals surface area contributed by atoms with Crippen molar-refractivity contribution < 1.29 is 9.84 Å². The van der Waals surface area contributed by atoms with E-state index in [0.717, 1.165) is 35.8 Å². The van der Waals surface area contributed by atoms with Crippen molar-refractivity contribution in [2.24, 2.45) is 5.92 Å². The fourth-order valence-electron chi connectivity index (χ4n) is 2.87. The van der Waals surface area contributed by atoms with Gasteiger partial charge >= 0.3 is 0 Å². The molecule has 0 aromatic heterocycles. The second-order valence-electron chi connectivity index (χ2n) is 5.45. The zero-order chi connectivity index (χ0) is 14.8. The van der Waals surface area contributed by atoms with Crippen molar-refractivity contribution in [3.8, 4) is 5.75 Å². The van der Waals surface area contributed by atoms with Crippen LogP contribution >= 0.6 is 0 Å². The third-order valence-electron chi connectivity index (χ3n) is 3.99. The van der Waals surface area contributed by atoms with Crippen molar-refractivity contribution in [3.05, 3.63) is 48.0 Å². The molecule has 0 fully saturated rings. The van der Waals surface area contributed by atoms with Crippen molar-refractivity contribution in [2.45, 2.75) is 6.42 Å². The lowest BCUT2D eigenvalue weighted by molar-refractivity contribution is 0.226. The predicted octanol–water partition coefficient (Wildman–Crippen LogP) is 2.58. The molecule has 0 amide bonds. The average Bonchev–Trinajstić information content (AvgIpc) is 2.54. The Hall–Kier alpha value is -2.20. The summed E-state index contributed by atoms with van der Waals surface area (Å²) in [6.45, 7) is 0.982. The van der Waals surface area contributed by atoms with E-state index >= 15 is 0 Å². The number of aliphatic hydroxyl groups excluding tert-OH is 1. The van der Waals surface area contributed by atoms with E-state index < -0.39 is 0 Å². The van der Waals surface area contributed by atoms with Gasteiger partial charge in [0.25, 0.3) is 0 Å². The highest BCUT2D eigenvalue weighted by molar-refractivity contribution is 5.71. The molecule has 4 heteroatoms. The molecule has 1 aliphatic rings. The Balaban J connectivity index is 2.01. The monoisotopic (exact) mass is 284 g/mol. The molecule has 0 saturated carbocycles. The Kier molecular flexibility index (Phi) is 3.71. The highest BCUT2D eigenvalue weighted by Crippen LogP contribution is 2.37. The summed E-state index contributed by atoms with van der Waals surface area (Å²) < 4.78 is 5.21. The zero-order valence-corrected chi connectivity index (χ0v) is 12.1. The van der Waals surface area contributed by atoms with Gasteiger partial charge in [0.15, 0.2) is 0 Å². The smallest absolute Gasteiger partial charge is 0.119 e. The maximum Gasteiger partial charge on any atom is 0.119 e. The molecule has 1 heterocycles. The largest absolute Gasteiger partial charge is 0.497 e. The Labute approximate surface area is 124 Å². The molecule has 0 bridgehead atoms. The maximum atomic E-state index is 9.55. The third kappa shape index (κ3) is 2.67. The molecule has 0 aliphatic carbocycles. The fraction of sp³-hybridized carbons (Fsp3) is 0.294. The van der Waals surface area contributed by atoms with Crippen LogP contribution in [-0.4, -0.2) is 25.4 Å². The van der Waals surface area contributed by atoms with Crippen LogP contribution in [0.15, 0.2) is 42.5 Å². The fourth-order valence-corrected chi connectivity index (χ4v) is 2.87. The van der Waals surface area contributed by atoms with Gasteiger partial charge in [-0.1, -0.05) is 6.07 Å². The van der Waals surface area contributed by atoms with Gasteiger partial charge in [-0.05, 0) is 48.4 Å². The number of hydrogen-bond donors (Lipinski definition) is 2. The molecule has 1 aliphatic heterocycles. The van der Waals surface area contributed by atoms with E-state index in [4.69, 9.17) is 10.5 Å². The zero-order valence-electron chi connectivity index (χ0n) is 12.1. The maximum absolute atomic E-state index is 9.55. The average molecular weight is 284 g/mol. The first-order valence-electron chi connectivity index (χ1n) is 7.12. The summed E-state index contributed by atoms with van der Waals surface area (Å²) in [5.41, 5.74) is 10.1. The number of nitrogens with zero attached hydrogens (tertiary/aromatic N) is 1. The topological polar surface area (TPSA) is 58.7 Å². The molecule has 110 valence electrons. The number of ether oxygens (including phenoxy) is 1. The van der Waals surface area contributed by atoms with Gasteiger partial charge in [-0.15, -0.1) is 0 Å². The number of anilines is 3. The Morgan fingerprint density at radius 3 is 2.67 bits per heavy atom. The van der Waals surface area contributed by atoms with Crippen LogP contribution in [0.5, 0.6) is 5.75 Å². The van der Waals surface area contributed by atoms with Crippen LogP contribution in [-0.2, 0) is 6.42 Å². The van der Waals surface area contributed by atoms with Gasteiger partial charge in [0.05, 0.1) is 7.11 Å². The number of methoxy groups -OCH3 is 1. The van der Waals surface area contributed by atoms with E-state index in [-0.39, 0.29) is 12.5 Å². The van der Waals surface area contributed by atoms with Gasteiger partial charge in [0, 0.05) is 36.1 Å². The lowest BCUT2D eigenvalue weighted by atomic mass is 9.92. The molecule has 1 unspecified atom stereocenters. The van der Waals surface area contributed by atoms with Crippen molar-refractivity contribution in [1.29, 1.82) is 0 Å². The number of hydrogen-bond acceptors (Lipinski definition) is 4. The van der Waals surface area contributed by atoms with Gasteiger partial charge in [-0.3, -0.25) is 0 Å². The molecule has 4 nitrogen and oxygen atoms in total. The summed E-state index contributed by atoms with van der Waals surface area (Å²) >= 11 is 0. The normalized spacial score (nSPS) is 17.4. The molecule has 1 atom stereocenters. The second-order valence-corrected chi connectivity index (χ2v) is 5.45. The number of benzene rings is 2. The van der Waals surface area contributed by atoms with Crippen LogP contribution in [0.3, 0.4) is 0 Å². The molecule has 3 rings (SSSR count). The minimum atomic E-state index is 0.191. The van der Waals surface area contributed by atoms with E-state index in [0.29, 0.717) is 0 Å². The van der Waals surface area contributed by atoms with Crippen LogP contribution in [0.1, 0.15) is 5.56 Å². The summed E-state index contributed by atoms with van der Waals surface area (Å²) in [4.78, 5) is 2.22. The molecule has 2 aromatic carbocycles. The van der Waals surface area contributed by atoms with Crippen LogP contribution in [0.4, 0.5) is 17.1 Å². The molecule has 0 saturated heterocycles. The van der Waals surface area contributed by atoms with E-state index in [1.165, 1.54) is 5.56 Å². The lowest BCUT2D eigenvalue weighted by Crippen LogP contribution is -2.33. The number of rotatable bonds is 3. The van der Waals surface area contributed by atoms with Crippen molar-refractivity contribution in [1.82, 2.24) is 0 Å². The molecule has 0 spiro atoms.